The summed E-state index contributed by atoms with van der Waals surface area (Å²) in [6.45, 7) is 13.4. The van der Waals surface area contributed by atoms with Gasteiger partial charge in [0.05, 0.1) is 23.2 Å². The molecule has 192 valence electrons. The second-order valence-electron chi connectivity index (χ2n) is 8.96. The average molecular weight is 483 g/mol. The predicted octanol–water partition coefficient (Wildman–Crippen LogP) is 5.92. The molecule has 35 heavy (non-hydrogen) atoms. The molecular weight excluding hydrogens is 440 g/mol. The molecule has 1 aliphatic heterocycles. The van der Waals surface area contributed by atoms with Crippen LogP contribution in [0.5, 0.6) is 5.75 Å². The molecule has 0 saturated heterocycles. The number of aliphatic hydroxyl groups is 1. The summed E-state index contributed by atoms with van der Waals surface area (Å²) in [5.74, 6) is 1.31. The fraction of sp³-hybridized carbons (Fsp3) is 0.500. The second-order valence-corrected chi connectivity index (χ2v) is 8.96. The topological polar surface area (TPSA) is 104 Å². The van der Waals surface area contributed by atoms with Crippen LogP contribution in [0.25, 0.3) is 22.2 Å². The van der Waals surface area contributed by atoms with Gasteiger partial charge in [-0.1, -0.05) is 52.7 Å². The minimum absolute atomic E-state index is 0.0613. The van der Waals surface area contributed by atoms with E-state index in [1.54, 1.807) is 11.8 Å². The number of ether oxygens (including phenoxy) is 1. The summed E-state index contributed by atoms with van der Waals surface area (Å²) in [4.78, 5) is 20.8. The van der Waals surface area contributed by atoms with Crippen molar-refractivity contribution in [3.8, 4) is 16.9 Å². The van der Waals surface area contributed by atoms with Gasteiger partial charge in [-0.05, 0) is 55.2 Å². The van der Waals surface area contributed by atoms with E-state index in [2.05, 4.69) is 29.9 Å². The number of aromatic amines is 1. The zero-order valence-corrected chi connectivity index (χ0v) is 22.1. The summed E-state index contributed by atoms with van der Waals surface area (Å²) in [6, 6.07) is 12.1. The van der Waals surface area contributed by atoms with E-state index in [0.29, 0.717) is 25.6 Å². The van der Waals surface area contributed by atoms with Gasteiger partial charge >= 0.3 is 0 Å². The summed E-state index contributed by atoms with van der Waals surface area (Å²) in [7, 11) is 0. The highest BCUT2D eigenvalue weighted by Crippen LogP contribution is 2.30. The van der Waals surface area contributed by atoms with E-state index in [1.807, 2.05) is 51.1 Å². The largest absolute Gasteiger partial charge is 0.491 e. The molecule has 0 radical (unpaired) electrons. The molecule has 2 heterocycles. The minimum Gasteiger partial charge on any atom is -0.491 e. The van der Waals surface area contributed by atoms with Crippen molar-refractivity contribution in [1.29, 1.82) is 0 Å². The zero-order chi connectivity index (χ0) is 26.0. The van der Waals surface area contributed by atoms with E-state index >= 15 is 0 Å². The minimum atomic E-state index is -0.399. The smallest absolute Gasteiger partial charge is 0.219 e. The van der Waals surface area contributed by atoms with Crippen LogP contribution in [0.4, 0.5) is 5.95 Å². The van der Waals surface area contributed by atoms with Gasteiger partial charge in [-0.15, -0.1) is 0 Å². The van der Waals surface area contributed by atoms with Crippen LogP contribution in [-0.2, 0) is 11.3 Å². The van der Waals surface area contributed by atoms with Crippen molar-refractivity contribution in [2.45, 2.75) is 79.4 Å². The van der Waals surface area contributed by atoms with E-state index in [4.69, 9.17) is 10.5 Å². The van der Waals surface area contributed by atoms with Crippen molar-refractivity contribution in [1.82, 2.24) is 14.9 Å². The molecule has 0 unspecified atom stereocenters. The summed E-state index contributed by atoms with van der Waals surface area (Å²) in [6.07, 6.45) is 4.02. The molecule has 4 N–H and O–H groups in total. The van der Waals surface area contributed by atoms with Gasteiger partial charge in [0.1, 0.15) is 12.4 Å². The van der Waals surface area contributed by atoms with Crippen LogP contribution in [0.15, 0.2) is 36.4 Å². The van der Waals surface area contributed by atoms with Gasteiger partial charge in [-0.3, -0.25) is 4.79 Å². The van der Waals surface area contributed by atoms with Gasteiger partial charge in [0.15, 0.2) is 5.95 Å². The summed E-state index contributed by atoms with van der Waals surface area (Å²) in [5.41, 5.74) is 10.2. The maximum absolute atomic E-state index is 11.7. The Balaban J connectivity index is 0.000000335. The predicted molar refractivity (Wildman–Crippen MR) is 144 cm³/mol. The third-order valence-electron chi connectivity index (χ3n) is 5.90. The molecule has 1 aliphatic rings. The first kappa shape index (κ1) is 28.2. The lowest BCUT2D eigenvalue weighted by Gasteiger charge is -2.21. The Morgan fingerprint density at radius 3 is 2.40 bits per heavy atom. The van der Waals surface area contributed by atoms with Crippen molar-refractivity contribution in [2.24, 2.45) is 0 Å². The van der Waals surface area contributed by atoms with E-state index in [0.717, 1.165) is 59.2 Å². The molecule has 0 saturated carbocycles. The zero-order valence-electron chi connectivity index (χ0n) is 22.1. The number of imidazole rings is 1. The summed E-state index contributed by atoms with van der Waals surface area (Å²) in [5, 5.41) is 9.51. The molecule has 3 aromatic rings. The van der Waals surface area contributed by atoms with Crippen LogP contribution >= 0.6 is 0 Å². The third kappa shape index (κ3) is 7.99. The summed E-state index contributed by atoms with van der Waals surface area (Å²) >= 11 is 0. The summed E-state index contributed by atoms with van der Waals surface area (Å²) < 4.78 is 5.77. The first-order valence-electron chi connectivity index (χ1n) is 12.7. The number of hydrogen-bond acceptors (Lipinski definition) is 5. The molecule has 7 nitrogen and oxygen atoms in total. The second kappa shape index (κ2) is 13.1. The maximum atomic E-state index is 11.7. The highest BCUT2D eigenvalue weighted by Gasteiger charge is 2.18. The number of nitrogens with one attached hydrogen (secondary N) is 1. The van der Waals surface area contributed by atoms with E-state index in [9.17, 15) is 9.90 Å². The van der Waals surface area contributed by atoms with Crippen LogP contribution in [0.2, 0.25) is 0 Å². The van der Waals surface area contributed by atoms with Gasteiger partial charge in [0, 0.05) is 19.0 Å². The van der Waals surface area contributed by atoms with Crippen LogP contribution < -0.4 is 10.5 Å². The number of amides is 1. The van der Waals surface area contributed by atoms with Crippen LogP contribution in [0.1, 0.15) is 72.8 Å². The molecule has 2 aromatic carbocycles. The van der Waals surface area contributed by atoms with Gasteiger partial charge in [-0.2, -0.15) is 0 Å². The quantitative estimate of drug-likeness (QED) is 0.419. The number of nitrogens with zero attached hydrogens (tertiary/aromatic N) is 2. The number of fused-ring (bicyclic) bond motifs is 2. The van der Waals surface area contributed by atoms with E-state index in [1.165, 1.54) is 0 Å². The SMILES string of the molecule is CC.CC(=O)N1CCOc2ccc(-c3ccc4nc(N)[nH]c4c3)cc2C1.CCCC(C)(O)CCC. The normalized spacial score (nSPS) is 12.9. The first-order valence-corrected chi connectivity index (χ1v) is 12.7. The Morgan fingerprint density at radius 1 is 1.14 bits per heavy atom. The van der Waals surface area contributed by atoms with Crippen LogP contribution in [-0.4, -0.2) is 44.6 Å². The molecule has 0 fully saturated rings. The standard InChI is InChI=1S/C18H18N4O2.C8H18O.C2H6/c1-11(23)22-6-7-24-17-5-3-12(8-14(17)10-22)13-2-4-15-16(9-13)21-18(19)20-15;1-4-6-8(3,9)7-5-2;1-2/h2-5,8-9H,6-7,10H2,1H3,(H3,19,20,21);9H,4-7H2,1-3H3;1-2H3. The number of H-pyrrole nitrogens is 1. The molecule has 1 amide bonds. The molecule has 7 heteroatoms. The van der Waals surface area contributed by atoms with Gasteiger partial charge in [0.2, 0.25) is 5.91 Å². The number of aromatic nitrogens is 2. The van der Waals surface area contributed by atoms with Crippen molar-refractivity contribution in [3.63, 3.8) is 0 Å². The molecule has 0 bridgehead atoms. The Labute approximate surface area is 209 Å². The highest BCUT2D eigenvalue weighted by atomic mass is 16.5. The number of nitrogen functional groups attached to an aromatic ring is 1. The van der Waals surface area contributed by atoms with Crippen LogP contribution in [0, 0.1) is 0 Å². The van der Waals surface area contributed by atoms with E-state index < -0.39 is 5.60 Å². The number of anilines is 1. The van der Waals surface area contributed by atoms with Gasteiger partial charge in [-0.25, -0.2) is 4.98 Å². The molecule has 1 aromatic heterocycles. The van der Waals surface area contributed by atoms with Gasteiger partial charge < -0.3 is 25.5 Å². The molecule has 4 rings (SSSR count). The average Bonchev–Trinajstić information content (AvgIpc) is 3.05. The molecule has 0 aliphatic carbocycles. The fourth-order valence-corrected chi connectivity index (χ4v) is 4.25. The lowest BCUT2D eigenvalue weighted by atomic mass is 9.95. The van der Waals surface area contributed by atoms with Crippen molar-refractivity contribution < 1.29 is 14.6 Å². The van der Waals surface area contributed by atoms with Crippen LogP contribution in [0.3, 0.4) is 0 Å². The monoisotopic (exact) mass is 482 g/mol. The lowest BCUT2D eigenvalue weighted by molar-refractivity contribution is -0.129. The fourth-order valence-electron chi connectivity index (χ4n) is 4.25. The Bertz CT molecular complexity index is 1080. The first-order chi connectivity index (χ1) is 16.7. The Morgan fingerprint density at radius 2 is 1.77 bits per heavy atom. The lowest BCUT2D eigenvalue weighted by Crippen LogP contribution is -2.30. The Hall–Kier alpha value is -3.06. The van der Waals surface area contributed by atoms with Gasteiger partial charge in [0.25, 0.3) is 0 Å². The van der Waals surface area contributed by atoms with Crippen molar-refractivity contribution in [3.05, 3.63) is 42.0 Å². The van der Waals surface area contributed by atoms with Crippen molar-refractivity contribution in [2.75, 3.05) is 18.9 Å². The Kier molecular flexibility index (Phi) is 10.6. The number of rotatable bonds is 5. The number of nitrogens with two attached hydrogens (primary N) is 1. The third-order valence-corrected chi connectivity index (χ3v) is 5.90. The van der Waals surface area contributed by atoms with E-state index in [-0.39, 0.29) is 5.91 Å². The molecule has 0 spiro atoms. The number of carbonyl (C=O) groups is 1. The number of benzene rings is 2. The number of carbonyl (C=O) groups excluding carboxylic acids is 1. The number of hydrogen-bond donors (Lipinski definition) is 3. The molecule has 0 atom stereocenters. The maximum Gasteiger partial charge on any atom is 0.219 e. The molecular formula is C28H42N4O3. The van der Waals surface area contributed by atoms with Crippen molar-refractivity contribution >= 4 is 22.9 Å². The highest BCUT2D eigenvalue weighted by molar-refractivity contribution is 5.83.